The smallest absolute Gasteiger partial charge is 0.126 e. The summed E-state index contributed by atoms with van der Waals surface area (Å²) in [6, 6.07) is 3.90. The van der Waals surface area contributed by atoms with Crippen LogP contribution in [-0.4, -0.2) is 16.1 Å². The van der Waals surface area contributed by atoms with E-state index in [1.165, 1.54) is 17.9 Å². The molecule has 1 fully saturated rings. The van der Waals surface area contributed by atoms with Crippen molar-refractivity contribution in [2.45, 2.75) is 11.0 Å². The summed E-state index contributed by atoms with van der Waals surface area (Å²) in [4.78, 5) is 0. The van der Waals surface area contributed by atoms with Crippen LogP contribution in [0.15, 0.2) is 28.9 Å². The van der Waals surface area contributed by atoms with E-state index in [9.17, 15) is 0 Å². The van der Waals surface area contributed by atoms with Crippen molar-refractivity contribution < 1.29 is 4.42 Å². The molecule has 1 aliphatic rings. The molecule has 1 saturated heterocycles. The molecular formula is C10H12OS2. The van der Waals surface area contributed by atoms with Crippen LogP contribution in [0.5, 0.6) is 0 Å². The minimum atomic E-state index is 0.624. The van der Waals surface area contributed by atoms with Gasteiger partial charge in [-0.25, -0.2) is 0 Å². The van der Waals surface area contributed by atoms with Crippen LogP contribution in [0.3, 0.4) is 0 Å². The molecule has 1 aromatic rings. The molecule has 2 rings (SSSR count). The summed E-state index contributed by atoms with van der Waals surface area (Å²) in [7, 11) is 0. The third kappa shape index (κ3) is 2.85. The van der Waals surface area contributed by atoms with Crippen LogP contribution in [0.25, 0.3) is 6.08 Å². The second kappa shape index (κ2) is 4.82. The van der Waals surface area contributed by atoms with Crippen molar-refractivity contribution in [2.75, 3.05) is 11.5 Å². The molecule has 0 radical (unpaired) electrons. The maximum Gasteiger partial charge on any atom is 0.126 e. The highest BCUT2D eigenvalue weighted by Crippen LogP contribution is 2.31. The Morgan fingerprint density at radius 3 is 2.92 bits per heavy atom. The first-order valence-electron chi connectivity index (χ1n) is 4.40. The van der Waals surface area contributed by atoms with Gasteiger partial charge < -0.3 is 4.42 Å². The Hall–Kier alpha value is -0.280. The summed E-state index contributed by atoms with van der Waals surface area (Å²) in [5.74, 6) is 3.53. The standard InChI is InChI=1S/C10H12OS2/c1-3-9(11-6-1)4-5-10-12-7-2-8-13-10/h1,3-6,10H,2,7-8H2. The lowest BCUT2D eigenvalue weighted by Crippen LogP contribution is -2.02. The molecule has 0 saturated carbocycles. The molecule has 0 unspecified atom stereocenters. The lowest BCUT2D eigenvalue weighted by molar-refractivity contribution is 0.557. The second-order valence-electron chi connectivity index (χ2n) is 2.84. The van der Waals surface area contributed by atoms with Gasteiger partial charge in [0, 0.05) is 0 Å². The third-order valence-electron chi connectivity index (χ3n) is 1.81. The van der Waals surface area contributed by atoms with Crippen molar-refractivity contribution in [3.63, 3.8) is 0 Å². The lowest BCUT2D eigenvalue weighted by Gasteiger charge is -2.16. The Balaban J connectivity index is 1.89. The average molecular weight is 212 g/mol. The van der Waals surface area contributed by atoms with E-state index in [-0.39, 0.29) is 0 Å². The molecule has 0 N–H and O–H groups in total. The summed E-state index contributed by atoms with van der Waals surface area (Å²) in [5, 5.41) is 0. The third-order valence-corrected chi connectivity index (χ3v) is 4.65. The van der Waals surface area contributed by atoms with E-state index in [0.717, 1.165) is 5.76 Å². The molecule has 70 valence electrons. The number of hydrogen-bond acceptors (Lipinski definition) is 3. The van der Waals surface area contributed by atoms with Gasteiger partial charge in [-0.3, -0.25) is 0 Å². The summed E-state index contributed by atoms with van der Waals surface area (Å²) < 4.78 is 5.84. The quantitative estimate of drug-likeness (QED) is 0.745. The Bertz CT molecular complexity index is 260. The zero-order chi connectivity index (χ0) is 8.93. The first kappa shape index (κ1) is 9.28. The van der Waals surface area contributed by atoms with Crippen LogP contribution < -0.4 is 0 Å². The van der Waals surface area contributed by atoms with Gasteiger partial charge in [0.1, 0.15) is 5.76 Å². The molecule has 1 aliphatic heterocycles. The SMILES string of the molecule is C(=CC1SCCCS1)c1ccco1. The number of thioether (sulfide) groups is 2. The van der Waals surface area contributed by atoms with Crippen LogP contribution in [0.4, 0.5) is 0 Å². The highest BCUT2D eigenvalue weighted by Gasteiger charge is 2.10. The molecule has 3 heteroatoms. The van der Waals surface area contributed by atoms with Crippen LogP contribution in [-0.2, 0) is 0 Å². The molecule has 0 atom stereocenters. The molecule has 1 nitrogen and oxygen atoms in total. The Kier molecular flexibility index (Phi) is 3.44. The van der Waals surface area contributed by atoms with E-state index in [0.29, 0.717) is 4.58 Å². The van der Waals surface area contributed by atoms with Gasteiger partial charge in [-0.15, -0.1) is 23.5 Å². The van der Waals surface area contributed by atoms with Gasteiger partial charge >= 0.3 is 0 Å². The van der Waals surface area contributed by atoms with Crippen LogP contribution in [0, 0.1) is 0 Å². The van der Waals surface area contributed by atoms with E-state index >= 15 is 0 Å². The van der Waals surface area contributed by atoms with E-state index < -0.39 is 0 Å². The fourth-order valence-electron chi connectivity index (χ4n) is 1.18. The zero-order valence-electron chi connectivity index (χ0n) is 7.31. The predicted octanol–water partition coefficient (Wildman–Crippen LogP) is 3.49. The van der Waals surface area contributed by atoms with E-state index in [2.05, 4.69) is 12.2 Å². The Morgan fingerprint density at radius 1 is 1.38 bits per heavy atom. The lowest BCUT2D eigenvalue weighted by atomic mass is 10.4. The topological polar surface area (TPSA) is 13.1 Å². The van der Waals surface area contributed by atoms with E-state index in [4.69, 9.17) is 4.42 Å². The highest BCUT2D eigenvalue weighted by molar-refractivity contribution is 8.17. The van der Waals surface area contributed by atoms with Gasteiger partial charge in [-0.2, -0.15) is 0 Å². The van der Waals surface area contributed by atoms with Crippen molar-refractivity contribution in [1.82, 2.24) is 0 Å². The number of furan rings is 1. The molecule has 1 aromatic heterocycles. The largest absolute Gasteiger partial charge is 0.465 e. The molecule has 0 bridgehead atoms. The molecule has 0 spiro atoms. The second-order valence-corrected chi connectivity index (χ2v) is 5.64. The molecule has 2 heterocycles. The predicted molar refractivity (Wildman–Crippen MR) is 61.1 cm³/mol. The fourth-order valence-corrected chi connectivity index (χ4v) is 3.79. The van der Waals surface area contributed by atoms with Crippen LogP contribution >= 0.6 is 23.5 Å². The monoisotopic (exact) mass is 212 g/mol. The van der Waals surface area contributed by atoms with Crippen molar-refractivity contribution in [1.29, 1.82) is 0 Å². The first-order chi connectivity index (χ1) is 6.45. The van der Waals surface area contributed by atoms with Gasteiger partial charge in [0.05, 0.1) is 10.8 Å². The number of rotatable bonds is 2. The zero-order valence-corrected chi connectivity index (χ0v) is 8.94. The van der Waals surface area contributed by atoms with Gasteiger partial charge in [-0.1, -0.05) is 6.08 Å². The minimum absolute atomic E-state index is 0.624. The minimum Gasteiger partial charge on any atom is -0.465 e. The summed E-state index contributed by atoms with van der Waals surface area (Å²) in [5.41, 5.74) is 0. The summed E-state index contributed by atoms with van der Waals surface area (Å²) >= 11 is 4.04. The van der Waals surface area contributed by atoms with Crippen molar-refractivity contribution in [3.05, 3.63) is 30.2 Å². The van der Waals surface area contributed by atoms with Crippen LogP contribution in [0.2, 0.25) is 0 Å². The summed E-state index contributed by atoms with van der Waals surface area (Å²) in [6.07, 6.45) is 7.35. The molecular weight excluding hydrogens is 200 g/mol. The van der Waals surface area contributed by atoms with Gasteiger partial charge in [0.2, 0.25) is 0 Å². The maximum absolute atomic E-state index is 5.22. The van der Waals surface area contributed by atoms with Crippen LogP contribution in [0.1, 0.15) is 12.2 Å². The molecule has 0 aromatic carbocycles. The average Bonchev–Trinajstić information content (AvgIpc) is 2.69. The summed E-state index contributed by atoms with van der Waals surface area (Å²) in [6.45, 7) is 0. The highest BCUT2D eigenvalue weighted by atomic mass is 32.2. The van der Waals surface area contributed by atoms with Gasteiger partial charge in [0.15, 0.2) is 0 Å². The number of hydrogen-bond donors (Lipinski definition) is 0. The molecule has 0 aliphatic carbocycles. The molecule has 13 heavy (non-hydrogen) atoms. The Labute approximate surface area is 87.0 Å². The van der Waals surface area contributed by atoms with Gasteiger partial charge in [0.25, 0.3) is 0 Å². The first-order valence-corrected chi connectivity index (χ1v) is 6.50. The Morgan fingerprint density at radius 2 is 2.23 bits per heavy atom. The maximum atomic E-state index is 5.22. The van der Waals surface area contributed by atoms with Crippen molar-refractivity contribution in [3.8, 4) is 0 Å². The van der Waals surface area contributed by atoms with Crippen molar-refractivity contribution >= 4 is 29.6 Å². The normalized spacial score (nSPS) is 19.7. The molecule has 0 amide bonds. The van der Waals surface area contributed by atoms with Gasteiger partial charge in [-0.05, 0) is 36.1 Å². The van der Waals surface area contributed by atoms with Crippen molar-refractivity contribution in [2.24, 2.45) is 0 Å². The van der Waals surface area contributed by atoms with E-state index in [1.54, 1.807) is 6.26 Å². The fraction of sp³-hybridized carbons (Fsp3) is 0.400. The van der Waals surface area contributed by atoms with E-state index in [1.807, 2.05) is 35.7 Å².